The number of amides is 2. The highest BCUT2D eigenvalue weighted by Crippen LogP contribution is 2.33. The zero-order chi connectivity index (χ0) is 23.4. The minimum atomic E-state index is -0.716. The summed E-state index contributed by atoms with van der Waals surface area (Å²) in [6.45, 7) is 9.16. The molecule has 1 aromatic heterocycles. The fraction of sp³-hybridized carbons (Fsp3) is 0.458. The van der Waals surface area contributed by atoms with Crippen LogP contribution in [0.15, 0.2) is 29.6 Å². The molecule has 3 rings (SSSR count). The van der Waals surface area contributed by atoms with E-state index in [-0.39, 0.29) is 35.0 Å². The Labute approximate surface area is 192 Å². The van der Waals surface area contributed by atoms with Crippen molar-refractivity contribution in [3.63, 3.8) is 0 Å². The summed E-state index contributed by atoms with van der Waals surface area (Å²) in [6.07, 6.45) is 0. The van der Waals surface area contributed by atoms with Gasteiger partial charge in [-0.15, -0.1) is 11.3 Å². The molecule has 0 radical (unpaired) electrons. The summed E-state index contributed by atoms with van der Waals surface area (Å²) in [4.78, 5) is 41.7. The number of nitrogens with zero attached hydrogens (tertiary/aromatic N) is 2. The molecule has 0 bridgehead atoms. The molecule has 0 unspecified atom stereocenters. The molecule has 1 aliphatic rings. The van der Waals surface area contributed by atoms with Gasteiger partial charge in [0.25, 0.3) is 11.8 Å². The van der Waals surface area contributed by atoms with Gasteiger partial charge in [0, 0.05) is 26.2 Å². The van der Waals surface area contributed by atoms with Crippen molar-refractivity contribution in [3.8, 4) is 5.75 Å². The van der Waals surface area contributed by atoms with Crippen LogP contribution in [0.25, 0.3) is 0 Å². The highest BCUT2D eigenvalue weighted by molar-refractivity contribution is 7.12. The van der Waals surface area contributed by atoms with Crippen LogP contribution in [0.1, 0.15) is 70.7 Å². The lowest BCUT2D eigenvalue weighted by molar-refractivity contribution is -0.136. The standard InChI is InChI=1S/C24H30N2O5S/c1-15(2)17-12-18(16(3)4)22(28)19(13-17)24(30)31-14-21(27)25-7-9-26(10-8-25)23(29)20-6-5-11-32-20/h5-6,11-13,15-16,28H,7-10,14H2,1-4H3. The summed E-state index contributed by atoms with van der Waals surface area (Å²) in [5, 5.41) is 12.4. The molecule has 32 heavy (non-hydrogen) atoms. The largest absolute Gasteiger partial charge is 0.507 e. The SMILES string of the molecule is CC(C)c1cc(C(=O)OCC(=O)N2CCN(C(=O)c3cccs3)CC2)c(O)c(C(C)C)c1. The molecule has 2 heterocycles. The number of ether oxygens (including phenoxy) is 1. The maximum atomic E-state index is 12.7. The third-order valence-electron chi connectivity index (χ3n) is 5.65. The lowest BCUT2D eigenvalue weighted by Crippen LogP contribution is -2.51. The summed E-state index contributed by atoms with van der Waals surface area (Å²) in [6, 6.07) is 7.17. The van der Waals surface area contributed by atoms with Crippen molar-refractivity contribution in [3.05, 3.63) is 51.2 Å². The molecule has 1 fully saturated rings. The maximum Gasteiger partial charge on any atom is 0.342 e. The molecule has 0 aliphatic carbocycles. The van der Waals surface area contributed by atoms with E-state index in [2.05, 4.69) is 0 Å². The highest BCUT2D eigenvalue weighted by Gasteiger charge is 2.27. The monoisotopic (exact) mass is 458 g/mol. The van der Waals surface area contributed by atoms with Gasteiger partial charge in [-0.1, -0.05) is 39.8 Å². The van der Waals surface area contributed by atoms with Crippen molar-refractivity contribution < 1.29 is 24.2 Å². The summed E-state index contributed by atoms with van der Waals surface area (Å²) >= 11 is 1.40. The predicted molar refractivity (Wildman–Crippen MR) is 123 cm³/mol. The van der Waals surface area contributed by atoms with E-state index in [4.69, 9.17) is 4.74 Å². The van der Waals surface area contributed by atoms with Crippen molar-refractivity contribution in [2.45, 2.75) is 39.5 Å². The van der Waals surface area contributed by atoms with Gasteiger partial charge in [0.1, 0.15) is 11.3 Å². The minimum Gasteiger partial charge on any atom is -0.507 e. The van der Waals surface area contributed by atoms with Crippen molar-refractivity contribution in [2.24, 2.45) is 0 Å². The number of carbonyl (C=O) groups excluding carboxylic acids is 3. The zero-order valence-electron chi connectivity index (χ0n) is 19.0. The smallest absolute Gasteiger partial charge is 0.342 e. The summed E-state index contributed by atoms with van der Waals surface area (Å²) in [5.41, 5.74) is 1.69. The van der Waals surface area contributed by atoms with Gasteiger partial charge in [-0.2, -0.15) is 0 Å². The average Bonchev–Trinajstić information content (AvgIpc) is 3.31. The van der Waals surface area contributed by atoms with E-state index in [0.717, 1.165) is 5.56 Å². The van der Waals surface area contributed by atoms with Crippen molar-refractivity contribution in [1.29, 1.82) is 0 Å². The van der Waals surface area contributed by atoms with Crippen LogP contribution in [-0.4, -0.2) is 65.5 Å². The number of piperazine rings is 1. The van der Waals surface area contributed by atoms with Crippen LogP contribution in [0.2, 0.25) is 0 Å². The van der Waals surface area contributed by atoms with Gasteiger partial charge < -0.3 is 19.6 Å². The Bertz CT molecular complexity index is 977. The molecule has 0 atom stereocenters. The van der Waals surface area contributed by atoms with Crippen LogP contribution in [0, 0.1) is 0 Å². The van der Waals surface area contributed by atoms with Crippen molar-refractivity contribution >= 4 is 29.1 Å². The molecule has 2 amide bonds. The van der Waals surface area contributed by atoms with Crippen LogP contribution in [-0.2, 0) is 9.53 Å². The van der Waals surface area contributed by atoms with Crippen LogP contribution in [0.5, 0.6) is 5.75 Å². The number of benzene rings is 1. The molecule has 0 saturated carbocycles. The molecule has 172 valence electrons. The lowest BCUT2D eigenvalue weighted by atomic mass is 9.92. The Morgan fingerprint density at radius 3 is 2.25 bits per heavy atom. The summed E-state index contributed by atoms with van der Waals surface area (Å²) in [5.74, 6) is -0.941. The number of hydrogen-bond donors (Lipinski definition) is 1. The number of esters is 1. The van der Waals surface area contributed by atoms with Gasteiger partial charge in [0.05, 0.1) is 4.88 Å². The number of aromatic hydroxyl groups is 1. The molecule has 8 heteroatoms. The first kappa shape index (κ1) is 23.8. The number of phenolic OH excluding ortho intramolecular Hbond substituents is 1. The molecule has 1 saturated heterocycles. The quantitative estimate of drug-likeness (QED) is 0.665. The first-order valence-corrected chi connectivity index (χ1v) is 11.7. The summed E-state index contributed by atoms with van der Waals surface area (Å²) in [7, 11) is 0. The van der Waals surface area contributed by atoms with Crippen LogP contribution in [0.3, 0.4) is 0 Å². The maximum absolute atomic E-state index is 12.7. The molecule has 1 aromatic carbocycles. The first-order chi connectivity index (χ1) is 15.2. The third kappa shape index (κ3) is 5.30. The van der Waals surface area contributed by atoms with E-state index in [9.17, 15) is 19.5 Å². The average molecular weight is 459 g/mol. The van der Waals surface area contributed by atoms with Crippen LogP contribution >= 0.6 is 11.3 Å². The van der Waals surface area contributed by atoms with E-state index in [1.165, 1.54) is 11.3 Å². The summed E-state index contributed by atoms with van der Waals surface area (Å²) < 4.78 is 5.26. The van der Waals surface area contributed by atoms with Gasteiger partial charge >= 0.3 is 5.97 Å². The highest BCUT2D eigenvalue weighted by atomic mass is 32.1. The van der Waals surface area contributed by atoms with E-state index in [0.29, 0.717) is 36.6 Å². The number of carbonyl (C=O) groups is 3. The van der Waals surface area contributed by atoms with E-state index >= 15 is 0 Å². The molecule has 0 spiro atoms. The second-order valence-electron chi connectivity index (χ2n) is 8.54. The van der Waals surface area contributed by atoms with Crippen molar-refractivity contribution in [1.82, 2.24) is 9.80 Å². The van der Waals surface area contributed by atoms with Gasteiger partial charge in [-0.3, -0.25) is 9.59 Å². The molecular weight excluding hydrogens is 428 g/mol. The zero-order valence-corrected chi connectivity index (χ0v) is 19.8. The molecule has 7 nitrogen and oxygen atoms in total. The van der Waals surface area contributed by atoms with E-state index in [1.807, 2.05) is 45.2 Å². The molecular formula is C24H30N2O5S. The normalized spacial score (nSPS) is 14.2. The topological polar surface area (TPSA) is 87.2 Å². The lowest BCUT2D eigenvalue weighted by Gasteiger charge is -2.34. The Morgan fingerprint density at radius 1 is 1.03 bits per heavy atom. The Hall–Kier alpha value is -2.87. The number of rotatable bonds is 6. The minimum absolute atomic E-state index is 0.0278. The molecule has 1 aliphatic heterocycles. The van der Waals surface area contributed by atoms with Crippen LogP contribution in [0.4, 0.5) is 0 Å². The number of thiophene rings is 1. The number of phenols is 1. The Morgan fingerprint density at radius 2 is 1.69 bits per heavy atom. The van der Waals surface area contributed by atoms with E-state index in [1.54, 1.807) is 21.9 Å². The second kappa shape index (κ2) is 10.2. The fourth-order valence-corrected chi connectivity index (χ4v) is 4.31. The van der Waals surface area contributed by atoms with Gasteiger partial charge in [-0.25, -0.2) is 4.79 Å². The fourth-order valence-electron chi connectivity index (χ4n) is 3.62. The number of hydrogen-bond acceptors (Lipinski definition) is 6. The Balaban J connectivity index is 1.58. The first-order valence-electron chi connectivity index (χ1n) is 10.8. The van der Waals surface area contributed by atoms with Gasteiger partial charge in [0.2, 0.25) is 0 Å². The van der Waals surface area contributed by atoms with Crippen LogP contribution < -0.4 is 0 Å². The predicted octanol–water partition coefficient (Wildman–Crippen LogP) is 3.84. The second-order valence-corrected chi connectivity index (χ2v) is 9.49. The van der Waals surface area contributed by atoms with E-state index < -0.39 is 12.6 Å². The van der Waals surface area contributed by atoms with Gasteiger partial charge in [-0.05, 0) is 40.5 Å². The van der Waals surface area contributed by atoms with Gasteiger partial charge in [0.15, 0.2) is 6.61 Å². The molecule has 2 aromatic rings. The van der Waals surface area contributed by atoms with Crippen molar-refractivity contribution in [2.75, 3.05) is 32.8 Å². The Kier molecular flexibility index (Phi) is 7.56. The third-order valence-corrected chi connectivity index (χ3v) is 6.51. The molecule has 1 N–H and O–H groups in total.